The van der Waals surface area contributed by atoms with Gasteiger partial charge in [0.2, 0.25) is 0 Å². The summed E-state index contributed by atoms with van der Waals surface area (Å²) >= 11 is 0. The Labute approximate surface area is 99.8 Å². The first kappa shape index (κ1) is 12.0. The normalized spacial score (nSPS) is 35.9. The number of fused-ring (bicyclic) bond motifs is 2. The standard InChI is InChI=1S/C14H24N2/c1-4-6-11(3)16-13-7-8-14(16)10-12(9-13)15-5-2/h1,11-15H,5-10H2,2-3H3. The van der Waals surface area contributed by atoms with E-state index in [2.05, 4.69) is 30.0 Å². The Bertz CT molecular complexity index is 254. The Hall–Kier alpha value is -0.520. The first-order valence-corrected chi connectivity index (χ1v) is 6.70. The summed E-state index contributed by atoms with van der Waals surface area (Å²) in [6.45, 7) is 5.60. The Morgan fingerprint density at radius 2 is 2.00 bits per heavy atom. The summed E-state index contributed by atoms with van der Waals surface area (Å²) in [5, 5.41) is 3.61. The molecule has 1 N–H and O–H groups in total. The molecule has 0 amide bonds. The van der Waals surface area contributed by atoms with Crippen molar-refractivity contribution in [3.63, 3.8) is 0 Å². The fraction of sp³-hybridized carbons (Fsp3) is 0.857. The van der Waals surface area contributed by atoms with Gasteiger partial charge in [-0.1, -0.05) is 6.92 Å². The largest absolute Gasteiger partial charge is 0.314 e. The summed E-state index contributed by atoms with van der Waals surface area (Å²) in [7, 11) is 0. The second-order valence-corrected chi connectivity index (χ2v) is 5.32. The van der Waals surface area contributed by atoms with Gasteiger partial charge >= 0.3 is 0 Å². The van der Waals surface area contributed by atoms with Crippen molar-refractivity contribution in [2.75, 3.05) is 6.54 Å². The van der Waals surface area contributed by atoms with Crippen LogP contribution in [0.3, 0.4) is 0 Å². The SMILES string of the molecule is C#CCC(C)N1C2CCC1CC(NCC)C2. The molecule has 2 nitrogen and oxygen atoms in total. The molecule has 0 radical (unpaired) electrons. The van der Waals surface area contributed by atoms with E-state index in [0.717, 1.165) is 31.1 Å². The van der Waals surface area contributed by atoms with E-state index >= 15 is 0 Å². The van der Waals surface area contributed by atoms with Crippen LogP contribution in [0.1, 0.15) is 46.0 Å². The van der Waals surface area contributed by atoms with Gasteiger partial charge in [-0.2, -0.15) is 0 Å². The second kappa shape index (κ2) is 5.21. The molecule has 2 bridgehead atoms. The van der Waals surface area contributed by atoms with E-state index in [4.69, 9.17) is 6.42 Å². The molecular weight excluding hydrogens is 196 g/mol. The first-order valence-electron chi connectivity index (χ1n) is 6.70. The van der Waals surface area contributed by atoms with E-state index < -0.39 is 0 Å². The molecule has 0 spiro atoms. The van der Waals surface area contributed by atoms with Gasteiger partial charge in [-0.3, -0.25) is 4.90 Å². The number of hydrogen-bond donors (Lipinski definition) is 1. The van der Waals surface area contributed by atoms with Crippen LogP contribution in [0.2, 0.25) is 0 Å². The molecule has 0 aromatic heterocycles. The van der Waals surface area contributed by atoms with E-state index in [-0.39, 0.29) is 0 Å². The lowest BCUT2D eigenvalue weighted by Gasteiger charge is -2.42. The molecule has 2 heterocycles. The van der Waals surface area contributed by atoms with Crippen LogP contribution in [-0.2, 0) is 0 Å². The van der Waals surface area contributed by atoms with Crippen LogP contribution in [0.4, 0.5) is 0 Å². The van der Waals surface area contributed by atoms with E-state index in [1.165, 1.54) is 25.7 Å². The highest BCUT2D eigenvalue weighted by Crippen LogP contribution is 2.37. The van der Waals surface area contributed by atoms with Crippen LogP contribution < -0.4 is 5.32 Å². The molecule has 2 aliphatic heterocycles. The molecule has 3 atom stereocenters. The van der Waals surface area contributed by atoms with Crippen LogP contribution in [0.5, 0.6) is 0 Å². The maximum absolute atomic E-state index is 5.43. The quantitative estimate of drug-likeness (QED) is 0.729. The lowest BCUT2D eigenvalue weighted by atomic mass is 9.95. The Balaban J connectivity index is 1.97. The molecule has 3 unspecified atom stereocenters. The molecule has 0 aliphatic carbocycles. The summed E-state index contributed by atoms with van der Waals surface area (Å²) < 4.78 is 0. The summed E-state index contributed by atoms with van der Waals surface area (Å²) in [6.07, 6.45) is 11.7. The minimum atomic E-state index is 0.574. The van der Waals surface area contributed by atoms with Gasteiger partial charge in [0, 0.05) is 30.6 Å². The third-order valence-corrected chi connectivity index (χ3v) is 4.20. The van der Waals surface area contributed by atoms with Crippen LogP contribution in [-0.4, -0.2) is 35.6 Å². The van der Waals surface area contributed by atoms with E-state index in [1.807, 2.05) is 0 Å². The van der Waals surface area contributed by atoms with Gasteiger partial charge < -0.3 is 5.32 Å². The number of nitrogens with zero attached hydrogens (tertiary/aromatic N) is 1. The molecule has 0 aromatic carbocycles. The maximum atomic E-state index is 5.43. The first-order chi connectivity index (χ1) is 7.76. The number of piperidine rings is 1. The highest BCUT2D eigenvalue weighted by molar-refractivity contribution is 5.01. The molecule has 2 fully saturated rings. The molecule has 2 saturated heterocycles. The van der Waals surface area contributed by atoms with Crippen molar-refractivity contribution in [3.8, 4) is 12.3 Å². The summed E-state index contributed by atoms with van der Waals surface area (Å²) in [5.41, 5.74) is 0. The van der Waals surface area contributed by atoms with Gasteiger partial charge in [-0.25, -0.2) is 0 Å². The Kier molecular flexibility index (Phi) is 3.89. The molecule has 0 saturated carbocycles. The predicted octanol–water partition coefficient (Wildman–Crippen LogP) is 2.00. The third-order valence-electron chi connectivity index (χ3n) is 4.20. The van der Waals surface area contributed by atoms with Crippen molar-refractivity contribution in [3.05, 3.63) is 0 Å². The van der Waals surface area contributed by atoms with E-state index in [0.29, 0.717) is 6.04 Å². The molecule has 16 heavy (non-hydrogen) atoms. The predicted molar refractivity (Wildman–Crippen MR) is 68.3 cm³/mol. The number of nitrogens with one attached hydrogen (secondary N) is 1. The average Bonchev–Trinajstić information content (AvgIpc) is 2.52. The van der Waals surface area contributed by atoms with Gasteiger partial charge in [0.25, 0.3) is 0 Å². The third kappa shape index (κ3) is 2.26. The summed E-state index contributed by atoms with van der Waals surface area (Å²) in [6, 6.07) is 2.89. The van der Waals surface area contributed by atoms with Gasteiger partial charge in [0.15, 0.2) is 0 Å². The Morgan fingerprint density at radius 3 is 2.50 bits per heavy atom. The summed E-state index contributed by atoms with van der Waals surface area (Å²) in [4.78, 5) is 2.70. The smallest absolute Gasteiger partial charge is 0.0240 e. The van der Waals surface area contributed by atoms with Gasteiger partial charge in [0.1, 0.15) is 0 Å². The van der Waals surface area contributed by atoms with Crippen LogP contribution in [0, 0.1) is 12.3 Å². The molecule has 0 aromatic rings. The molecule has 2 heteroatoms. The summed E-state index contributed by atoms with van der Waals surface area (Å²) in [5.74, 6) is 2.81. The lowest BCUT2D eigenvalue weighted by Crippen LogP contribution is -2.52. The topological polar surface area (TPSA) is 15.3 Å². The van der Waals surface area contributed by atoms with Crippen molar-refractivity contribution in [1.82, 2.24) is 10.2 Å². The fourth-order valence-corrected chi connectivity index (χ4v) is 3.66. The molecule has 2 aliphatic rings. The monoisotopic (exact) mass is 220 g/mol. The van der Waals surface area contributed by atoms with Crippen molar-refractivity contribution in [1.29, 1.82) is 0 Å². The van der Waals surface area contributed by atoms with Crippen molar-refractivity contribution in [2.24, 2.45) is 0 Å². The van der Waals surface area contributed by atoms with Crippen molar-refractivity contribution >= 4 is 0 Å². The minimum absolute atomic E-state index is 0.574. The highest BCUT2D eigenvalue weighted by Gasteiger charge is 2.42. The molecule has 2 rings (SSSR count). The van der Waals surface area contributed by atoms with Crippen molar-refractivity contribution in [2.45, 2.75) is 70.1 Å². The number of hydrogen-bond acceptors (Lipinski definition) is 2. The molecule has 90 valence electrons. The second-order valence-electron chi connectivity index (χ2n) is 5.32. The van der Waals surface area contributed by atoms with Gasteiger partial charge in [-0.15, -0.1) is 12.3 Å². The van der Waals surface area contributed by atoms with E-state index in [9.17, 15) is 0 Å². The Morgan fingerprint density at radius 1 is 1.38 bits per heavy atom. The van der Waals surface area contributed by atoms with Crippen LogP contribution >= 0.6 is 0 Å². The van der Waals surface area contributed by atoms with Crippen LogP contribution in [0.25, 0.3) is 0 Å². The minimum Gasteiger partial charge on any atom is -0.314 e. The molecular formula is C14H24N2. The van der Waals surface area contributed by atoms with Gasteiger partial charge in [-0.05, 0) is 39.2 Å². The zero-order valence-corrected chi connectivity index (χ0v) is 10.6. The zero-order valence-electron chi connectivity index (χ0n) is 10.6. The lowest BCUT2D eigenvalue weighted by molar-refractivity contribution is 0.0798. The average molecular weight is 220 g/mol. The zero-order chi connectivity index (χ0) is 11.5. The van der Waals surface area contributed by atoms with Crippen LogP contribution in [0.15, 0.2) is 0 Å². The van der Waals surface area contributed by atoms with Crippen molar-refractivity contribution < 1.29 is 0 Å². The fourth-order valence-electron chi connectivity index (χ4n) is 3.66. The van der Waals surface area contributed by atoms with Gasteiger partial charge in [0.05, 0.1) is 0 Å². The maximum Gasteiger partial charge on any atom is 0.0240 e. The number of rotatable bonds is 4. The van der Waals surface area contributed by atoms with E-state index in [1.54, 1.807) is 0 Å². The highest BCUT2D eigenvalue weighted by atomic mass is 15.3. The number of terminal acetylenes is 1.